The number of aliphatic hydroxyl groups excluding tert-OH is 1. The largest absolute Gasteiger partial charge is 0.372 e. The number of nitrogens with two attached hydrogens (primary N) is 1. The van der Waals surface area contributed by atoms with E-state index in [0.29, 0.717) is 17.9 Å². The van der Waals surface area contributed by atoms with Gasteiger partial charge in [-0.15, -0.1) is 4.40 Å². The van der Waals surface area contributed by atoms with Crippen LogP contribution in [-0.4, -0.2) is 37.0 Å². The number of aryl methyl sites for hydroxylation is 1. The Labute approximate surface area is 192 Å². The monoisotopic (exact) mass is 476 g/mol. The van der Waals surface area contributed by atoms with Crippen molar-refractivity contribution < 1.29 is 23.2 Å². The van der Waals surface area contributed by atoms with Gasteiger partial charge in [0.05, 0.1) is 10.7 Å². The van der Waals surface area contributed by atoms with Crippen molar-refractivity contribution in [3.05, 3.63) is 78.2 Å². The Morgan fingerprint density at radius 3 is 2.55 bits per heavy atom. The zero-order chi connectivity index (χ0) is 24.6. The summed E-state index contributed by atoms with van der Waals surface area (Å²) in [7, 11) is -4.09. The van der Waals surface area contributed by atoms with E-state index in [1.165, 1.54) is 29.0 Å². The van der Waals surface area contributed by atoms with Gasteiger partial charge in [-0.25, -0.2) is 5.90 Å². The number of nitrogens with zero attached hydrogens (tertiary/aromatic N) is 2. The molecule has 0 aliphatic rings. The van der Waals surface area contributed by atoms with Crippen molar-refractivity contribution in [1.82, 2.24) is 20.5 Å². The Hall–Kier alpha value is -3.45. The summed E-state index contributed by atoms with van der Waals surface area (Å²) >= 11 is 0. The first-order chi connectivity index (χ1) is 15.6. The highest BCUT2D eigenvalue weighted by Crippen LogP contribution is 2.13. The fourth-order valence-electron chi connectivity index (χ4n) is 2.69. The van der Waals surface area contributed by atoms with E-state index in [9.17, 15) is 18.3 Å². The van der Waals surface area contributed by atoms with Gasteiger partial charge in [-0.1, -0.05) is 30.9 Å². The Kier molecular flexibility index (Phi) is 8.94. The minimum Gasteiger partial charge on any atom is -0.372 e. The molecule has 0 aliphatic heterocycles. The molecule has 1 aromatic heterocycles. The van der Waals surface area contributed by atoms with Crippen LogP contribution in [0.15, 0.2) is 70.9 Å². The van der Waals surface area contributed by atoms with Crippen molar-refractivity contribution in [3.8, 4) is 0 Å². The SMILES string of the molecule is C=C(NCC)NC(=O)Cn1ccc(C(=C)NC(O)ON)c/c1=N\S(=O)(=O)c1ccc(C)cc1. The van der Waals surface area contributed by atoms with Crippen molar-refractivity contribution >= 4 is 21.6 Å². The molecule has 0 saturated carbocycles. The number of pyridine rings is 1. The lowest BCUT2D eigenvalue weighted by Crippen LogP contribution is -2.36. The molecular weight excluding hydrogens is 448 g/mol. The molecule has 1 unspecified atom stereocenters. The number of sulfonamides is 1. The van der Waals surface area contributed by atoms with Gasteiger partial charge in [0.1, 0.15) is 12.0 Å². The smallest absolute Gasteiger partial charge is 0.284 e. The highest BCUT2D eigenvalue weighted by atomic mass is 32.2. The van der Waals surface area contributed by atoms with Gasteiger partial charge in [0, 0.05) is 24.0 Å². The van der Waals surface area contributed by atoms with Gasteiger partial charge in [0.15, 0.2) is 0 Å². The standard InChI is InChI=1S/C21H28N6O5S/c1-5-23-16(4)25-20(28)13-27-11-10-17(15(3)24-21(29)32-22)12-19(27)26-33(30,31)18-8-6-14(2)7-9-18/h6-12,21,23-24,29H,3-5,13,22H2,1-2H3,(H,25,28)/b26-19+. The summed E-state index contributed by atoms with van der Waals surface area (Å²) < 4.78 is 31.1. The van der Waals surface area contributed by atoms with E-state index in [-0.39, 0.29) is 22.6 Å². The van der Waals surface area contributed by atoms with Gasteiger partial charge < -0.3 is 25.6 Å². The number of carbonyl (C=O) groups is 1. The summed E-state index contributed by atoms with van der Waals surface area (Å²) in [5, 5.41) is 17.4. The molecule has 1 heterocycles. The minimum absolute atomic E-state index is 0.000987. The molecule has 0 fully saturated rings. The third kappa shape index (κ3) is 7.57. The van der Waals surface area contributed by atoms with Crippen molar-refractivity contribution in [2.45, 2.75) is 31.7 Å². The maximum Gasteiger partial charge on any atom is 0.284 e. The number of benzene rings is 1. The molecule has 6 N–H and O–H groups in total. The second-order valence-corrected chi connectivity index (χ2v) is 8.55. The van der Waals surface area contributed by atoms with Crippen LogP contribution in [0.4, 0.5) is 0 Å². The second-order valence-electron chi connectivity index (χ2n) is 6.95. The van der Waals surface area contributed by atoms with E-state index in [1.807, 2.05) is 13.8 Å². The molecule has 2 aromatic rings. The predicted molar refractivity (Wildman–Crippen MR) is 123 cm³/mol. The molecule has 2 rings (SSSR count). The van der Waals surface area contributed by atoms with Crippen molar-refractivity contribution in [2.24, 2.45) is 10.3 Å². The third-order valence-corrected chi connectivity index (χ3v) is 5.61. The molecule has 11 nitrogen and oxygen atoms in total. The van der Waals surface area contributed by atoms with Crippen LogP contribution in [0.5, 0.6) is 0 Å². The number of aliphatic hydroxyl groups is 1. The molecular formula is C21H28N6O5S. The highest BCUT2D eigenvalue weighted by Gasteiger charge is 2.14. The number of rotatable bonds is 11. The first-order valence-electron chi connectivity index (χ1n) is 9.86. The lowest BCUT2D eigenvalue weighted by molar-refractivity contribution is -0.121. The van der Waals surface area contributed by atoms with Crippen LogP contribution < -0.4 is 27.3 Å². The number of hydrogen-bond acceptors (Lipinski definition) is 8. The van der Waals surface area contributed by atoms with Crippen LogP contribution in [0.1, 0.15) is 18.1 Å². The molecule has 0 aliphatic carbocycles. The van der Waals surface area contributed by atoms with Gasteiger partial charge in [-0.3, -0.25) is 9.63 Å². The number of aromatic nitrogens is 1. The Balaban J connectivity index is 2.50. The van der Waals surface area contributed by atoms with Gasteiger partial charge >= 0.3 is 0 Å². The van der Waals surface area contributed by atoms with Crippen LogP contribution in [0.3, 0.4) is 0 Å². The van der Waals surface area contributed by atoms with Gasteiger partial charge in [-0.05, 0) is 38.1 Å². The summed E-state index contributed by atoms with van der Waals surface area (Å²) in [6, 6.07) is 9.17. The van der Waals surface area contributed by atoms with E-state index in [0.717, 1.165) is 5.56 Å². The van der Waals surface area contributed by atoms with Crippen molar-refractivity contribution in [3.63, 3.8) is 0 Å². The van der Waals surface area contributed by atoms with Gasteiger partial charge in [-0.2, -0.15) is 8.42 Å². The predicted octanol–water partition coefficient (Wildman–Crippen LogP) is 0.00952. The molecule has 178 valence electrons. The molecule has 1 aromatic carbocycles. The summed E-state index contributed by atoms with van der Waals surface area (Å²) in [5.74, 6) is 4.79. The van der Waals surface area contributed by atoms with E-state index in [4.69, 9.17) is 5.90 Å². The summed E-state index contributed by atoms with van der Waals surface area (Å²) in [6.45, 7) is 11.5. The van der Waals surface area contributed by atoms with Crippen LogP contribution in [0, 0.1) is 6.92 Å². The summed E-state index contributed by atoms with van der Waals surface area (Å²) in [6.07, 6.45) is -0.0545. The van der Waals surface area contributed by atoms with E-state index in [2.05, 4.69) is 38.3 Å². The zero-order valence-corrected chi connectivity index (χ0v) is 19.2. The van der Waals surface area contributed by atoms with E-state index < -0.39 is 22.3 Å². The number of carbonyl (C=O) groups excluding carboxylic acids is 1. The summed E-state index contributed by atoms with van der Waals surface area (Å²) in [4.78, 5) is 16.7. The fraction of sp³-hybridized carbons (Fsp3) is 0.238. The third-order valence-electron chi connectivity index (χ3n) is 4.31. The summed E-state index contributed by atoms with van der Waals surface area (Å²) in [5.41, 5.74) is 1.43. The first-order valence-corrected chi connectivity index (χ1v) is 11.3. The zero-order valence-electron chi connectivity index (χ0n) is 18.4. The molecule has 1 atom stereocenters. The van der Waals surface area contributed by atoms with Crippen LogP contribution in [0.25, 0.3) is 5.70 Å². The topological polar surface area (TPSA) is 160 Å². The average Bonchev–Trinajstić information content (AvgIpc) is 2.74. The first kappa shape index (κ1) is 25.8. The lowest BCUT2D eigenvalue weighted by Gasteiger charge is -2.15. The van der Waals surface area contributed by atoms with E-state index >= 15 is 0 Å². The molecule has 0 saturated heterocycles. The van der Waals surface area contributed by atoms with Crippen molar-refractivity contribution in [1.29, 1.82) is 0 Å². The number of amides is 1. The maximum absolute atomic E-state index is 12.9. The van der Waals surface area contributed by atoms with Gasteiger partial charge in [0.2, 0.25) is 5.91 Å². The molecule has 33 heavy (non-hydrogen) atoms. The average molecular weight is 477 g/mol. The van der Waals surface area contributed by atoms with Crippen LogP contribution in [-0.2, 0) is 26.2 Å². The molecule has 1 amide bonds. The second kappa shape index (κ2) is 11.4. The quantitative estimate of drug-likeness (QED) is 0.224. The van der Waals surface area contributed by atoms with Crippen molar-refractivity contribution in [2.75, 3.05) is 6.54 Å². The molecule has 12 heteroatoms. The van der Waals surface area contributed by atoms with Gasteiger partial charge in [0.25, 0.3) is 16.4 Å². The number of hydrogen-bond donors (Lipinski definition) is 5. The lowest BCUT2D eigenvalue weighted by atomic mass is 10.2. The minimum atomic E-state index is -4.09. The van der Waals surface area contributed by atoms with Crippen LogP contribution in [0.2, 0.25) is 0 Å². The molecule has 0 bridgehead atoms. The number of nitrogens with one attached hydrogen (secondary N) is 3. The normalized spacial score (nSPS) is 12.7. The maximum atomic E-state index is 12.9. The highest BCUT2D eigenvalue weighted by molar-refractivity contribution is 7.90. The van der Waals surface area contributed by atoms with Crippen LogP contribution >= 0.6 is 0 Å². The fourth-order valence-corrected chi connectivity index (χ4v) is 3.68. The van der Waals surface area contributed by atoms with E-state index in [1.54, 1.807) is 18.2 Å². The Morgan fingerprint density at radius 2 is 1.94 bits per heavy atom. The molecule has 0 radical (unpaired) electrons. The Bertz CT molecular complexity index is 1190. The molecule has 0 spiro atoms. The Morgan fingerprint density at radius 1 is 1.27 bits per heavy atom.